The second-order valence-electron chi connectivity index (χ2n) is 11.4. The molecule has 0 radical (unpaired) electrons. The monoisotopic (exact) mass is 536 g/mol. The van der Waals surface area contributed by atoms with Gasteiger partial charge in [0.25, 0.3) is 0 Å². The standard InChI is InChI=1S/C35H33FO4/c1-37-27-10-6-25(7-11-27)35(26-8-12-28(38-2)13-9-26)21-17-29-31(39-34-18-14-23(15-19-34)16-20-34)22-24-4-3-5-30(36)32(24)33(29)40-35/h3-13,17,21-23H,14-16,18-20H2,1-2H3. The first-order valence-electron chi connectivity index (χ1n) is 14.1. The van der Waals surface area contributed by atoms with Crippen molar-refractivity contribution in [3.63, 3.8) is 0 Å². The van der Waals surface area contributed by atoms with Crippen molar-refractivity contribution >= 4 is 16.8 Å². The zero-order chi connectivity index (χ0) is 27.3. The Labute approximate surface area is 234 Å². The molecule has 5 heteroatoms. The van der Waals surface area contributed by atoms with Crippen LogP contribution in [0.4, 0.5) is 4.39 Å². The van der Waals surface area contributed by atoms with Crippen LogP contribution >= 0.6 is 0 Å². The molecule has 1 aliphatic heterocycles. The summed E-state index contributed by atoms with van der Waals surface area (Å²) in [5.74, 6) is 3.29. The Morgan fingerprint density at radius 3 is 1.98 bits per heavy atom. The third kappa shape index (κ3) is 4.02. The van der Waals surface area contributed by atoms with Gasteiger partial charge in [-0.1, -0.05) is 36.4 Å². The van der Waals surface area contributed by atoms with Crippen LogP contribution in [0.2, 0.25) is 0 Å². The smallest absolute Gasteiger partial charge is 0.178 e. The summed E-state index contributed by atoms with van der Waals surface area (Å²) < 4.78 is 40.4. The predicted molar refractivity (Wildman–Crippen MR) is 155 cm³/mol. The van der Waals surface area contributed by atoms with Crippen molar-refractivity contribution in [2.24, 2.45) is 5.92 Å². The fourth-order valence-corrected chi connectivity index (χ4v) is 6.86. The quantitative estimate of drug-likeness (QED) is 0.248. The molecule has 2 bridgehead atoms. The Balaban J connectivity index is 1.42. The maximum atomic E-state index is 15.6. The van der Waals surface area contributed by atoms with Gasteiger partial charge in [0, 0.05) is 11.1 Å². The van der Waals surface area contributed by atoms with Gasteiger partial charge in [0.2, 0.25) is 0 Å². The van der Waals surface area contributed by atoms with E-state index in [0.29, 0.717) is 11.1 Å². The van der Waals surface area contributed by atoms with Gasteiger partial charge in [0.1, 0.15) is 34.4 Å². The van der Waals surface area contributed by atoms with Crippen LogP contribution in [0.3, 0.4) is 0 Å². The molecule has 0 aromatic heterocycles. The number of halogens is 1. The molecule has 0 saturated heterocycles. The summed E-state index contributed by atoms with van der Waals surface area (Å²) in [4.78, 5) is 0. The van der Waals surface area contributed by atoms with E-state index in [2.05, 4.69) is 12.2 Å². The van der Waals surface area contributed by atoms with E-state index in [1.54, 1.807) is 20.3 Å². The lowest BCUT2D eigenvalue weighted by atomic mass is 9.67. The minimum absolute atomic E-state index is 0.155. The van der Waals surface area contributed by atoms with E-state index < -0.39 is 5.60 Å². The van der Waals surface area contributed by atoms with Gasteiger partial charge in [-0.15, -0.1) is 0 Å². The van der Waals surface area contributed by atoms with Gasteiger partial charge in [-0.2, -0.15) is 0 Å². The van der Waals surface area contributed by atoms with Crippen molar-refractivity contribution in [3.05, 3.63) is 101 Å². The second-order valence-corrected chi connectivity index (χ2v) is 11.4. The Kier molecular flexibility index (Phi) is 5.99. The highest BCUT2D eigenvalue weighted by atomic mass is 19.1. The van der Waals surface area contributed by atoms with Crippen LogP contribution in [-0.4, -0.2) is 19.8 Å². The van der Waals surface area contributed by atoms with Gasteiger partial charge in [-0.05, 0) is 98.4 Å². The molecule has 0 atom stereocenters. The van der Waals surface area contributed by atoms with E-state index >= 15 is 4.39 Å². The molecule has 3 aliphatic carbocycles. The van der Waals surface area contributed by atoms with Crippen LogP contribution in [0, 0.1) is 11.7 Å². The number of hydrogen-bond acceptors (Lipinski definition) is 4. The summed E-state index contributed by atoms with van der Waals surface area (Å²) in [6.45, 7) is 0. The van der Waals surface area contributed by atoms with Crippen LogP contribution in [-0.2, 0) is 5.60 Å². The summed E-state index contributed by atoms with van der Waals surface area (Å²) in [5, 5.41) is 1.23. The van der Waals surface area contributed by atoms with E-state index in [1.165, 1.54) is 25.3 Å². The Hall–Kier alpha value is -3.99. The lowest BCUT2D eigenvalue weighted by Crippen LogP contribution is -2.45. The van der Waals surface area contributed by atoms with Crippen molar-refractivity contribution < 1.29 is 23.3 Å². The Morgan fingerprint density at radius 2 is 1.40 bits per heavy atom. The second kappa shape index (κ2) is 9.58. The summed E-state index contributed by atoms with van der Waals surface area (Å²) >= 11 is 0. The van der Waals surface area contributed by atoms with Gasteiger partial charge in [0.05, 0.1) is 25.2 Å². The molecule has 40 heavy (non-hydrogen) atoms. The van der Waals surface area contributed by atoms with Gasteiger partial charge < -0.3 is 18.9 Å². The van der Waals surface area contributed by atoms with Gasteiger partial charge in [-0.3, -0.25) is 0 Å². The molecule has 0 amide bonds. The van der Waals surface area contributed by atoms with Crippen LogP contribution in [0.25, 0.3) is 16.8 Å². The summed E-state index contributed by atoms with van der Waals surface area (Å²) in [7, 11) is 3.30. The van der Waals surface area contributed by atoms with Crippen molar-refractivity contribution in [1.82, 2.24) is 0 Å². The fraction of sp³-hybridized carbons (Fsp3) is 0.314. The van der Waals surface area contributed by atoms with E-state index in [-0.39, 0.29) is 11.4 Å². The molecular weight excluding hydrogens is 503 g/mol. The number of rotatable bonds is 6. The highest BCUT2D eigenvalue weighted by molar-refractivity contribution is 5.95. The Bertz CT molecular complexity index is 1520. The topological polar surface area (TPSA) is 36.9 Å². The minimum Gasteiger partial charge on any atom is -0.497 e. The first-order valence-corrected chi connectivity index (χ1v) is 14.1. The largest absolute Gasteiger partial charge is 0.497 e. The molecule has 3 saturated carbocycles. The van der Waals surface area contributed by atoms with E-state index in [0.717, 1.165) is 64.5 Å². The van der Waals surface area contributed by atoms with Crippen molar-refractivity contribution in [3.8, 4) is 23.0 Å². The number of fused-ring (bicyclic) bond motifs is 6. The zero-order valence-electron chi connectivity index (χ0n) is 22.9. The minimum atomic E-state index is -0.999. The normalized spacial score (nSPS) is 22.4. The molecule has 0 N–H and O–H groups in total. The third-order valence-corrected chi connectivity index (χ3v) is 9.21. The molecule has 4 aromatic carbocycles. The SMILES string of the molecule is COc1ccc(C2(c3ccc(OC)cc3)C=Cc3c(OC45CCC(CC4)CC5)cc4cccc(F)c4c3O2)cc1. The number of methoxy groups -OCH3 is 2. The summed E-state index contributed by atoms with van der Waals surface area (Å²) in [5.41, 5.74) is 1.44. The van der Waals surface area contributed by atoms with E-state index in [4.69, 9.17) is 18.9 Å². The zero-order valence-corrected chi connectivity index (χ0v) is 22.9. The highest BCUT2D eigenvalue weighted by Gasteiger charge is 2.44. The predicted octanol–water partition coefficient (Wildman–Crippen LogP) is 8.45. The summed E-state index contributed by atoms with van der Waals surface area (Å²) in [6.07, 6.45) is 11.0. The summed E-state index contributed by atoms with van der Waals surface area (Å²) in [6, 6.07) is 22.8. The van der Waals surface area contributed by atoms with Crippen LogP contribution in [0.1, 0.15) is 55.2 Å². The maximum Gasteiger partial charge on any atom is 0.178 e. The maximum absolute atomic E-state index is 15.6. The molecule has 4 nitrogen and oxygen atoms in total. The van der Waals surface area contributed by atoms with E-state index in [1.807, 2.05) is 60.7 Å². The third-order valence-electron chi connectivity index (χ3n) is 9.21. The van der Waals surface area contributed by atoms with Gasteiger partial charge in [0.15, 0.2) is 5.60 Å². The molecule has 4 aliphatic rings. The lowest BCUT2D eigenvalue weighted by Gasteiger charge is -2.46. The average Bonchev–Trinajstić information content (AvgIpc) is 3.01. The molecule has 1 heterocycles. The molecular formula is C35H33FO4. The van der Waals surface area contributed by atoms with Crippen molar-refractivity contribution in [2.75, 3.05) is 14.2 Å². The van der Waals surface area contributed by atoms with Gasteiger partial charge in [-0.25, -0.2) is 4.39 Å². The molecule has 3 fully saturated rings. The van der Waals surface area contributed by atoms with Crippen LogP contribution in [0.15, 0.2) is 78.9 Å². The highest BCUT2D eigenvalue weighted by Crippen LogP contribution is 2.52. The van der Waals surface area contributed by atoms with Crippen molar-refractivity contribution in [2.45, 2.75) is 49.7 Å². The average molecular weight is 537 g/mol. The first kappa shape index (κ1) is 25.0. The molecule has 0 spiro atoms. The fourth-order valence-electron chi connectivity index (χ4n) is 6.86. The Morgan fingerprint density at radius 1 is 0.800 bits per heavy atom. The molecule has 8 rings (SSSR count). The molecule has 204 valence electrons. The molecule has 0 unspecified atom stereocenters. The molecule has 4 aromatic rings. The van der Waals surface area contributed by atoms with Crippen LogP contribution < -0.4 is 18.9 Å². The van der Waals surface area contributed by atoms with Crippen LogP contribution in [0.5, 0.6) is 23.0 Å². The lowest BCUT2D eigenvalue weighted by molar-refractivity contribution is -0.0326. The number of ether oxygens (including phenoxy) is 4. The van der Waals surface area contributed by atoms with E-state index in [9.17, 15) is 0 Å². The van der Waals surface area contributed by atoms with Gasteiger partial charge >= 0.3 is 0 Å². The first-order chi connectivity index (χ1) is 19.5. The number of hydrogen-bond donors (Lipinski definition) is 0. The van der Waals surface area contributed by atoms with Crippen molar-refractivity contribution in [1.29, 1.82) is 0 Å². The number of benzene rings is 4.